The number of nitrogens with one attached hydrogen (secondary N) is 2. The van der Waals surface area contributed by atoms with Crippen LogP contribution in [0.4, 0.5) is 0 Å². The monoisotopic (exact) mass is 286 g/mol. The fourth-order valence-corrected chi connectivity index (χ4v) is 2.85. The number of aromatic nitrogens is 3. The summed E-state index contributed by atoms with van der Waals surface area (Å²) in [5, 5.41) is 19.3. The molecule has 3 N–H and O–H groups in total. The molecule has 0 spiro atoms. The molecule has 0 radical (unpaired) electrons. The zero-order valence-corrected chi connectivity index (χ0v) is 11.8. The Morgan fingerprint density at radius 2 is 2.37 bits per heavy atom. The first-order chi connectivity index (χ1) is 8.96. The van der Waals surface area contributed by atoms with Crippen LogP contribution < -0.4 is 11.0 Å². The molecule has 1 fully saturated rings. The van der Waals surface area contributed by atoms with Crippen LogP contribution in [0.2, 0.25) is 0 Å². The number of carboxylic acid groups (broad SMARTS) is 1. The lowest BCUT2D eigenvalue weighted by molar-refractivity contribution is -0.143. The molecular weight excluding hydrogens is 268 g/mol. The van der Waals surface area contributed by atoms with Crippen LogP contribution in [-0.4, -0.2) is 43.2 Å². The zero-order valence-electron chi connectivity index (χ0n) is 11.0. The lowest BCUT2D eigenvalue weighted by Gasteiger charge is -2.25. The molecule has 7 nitrogen and oxygen atoms in total. The summed E-state index contributed by atoms with van der Waals surface area (Å²) in [7, 11) is 0. The Morgan fingerprint density at radius 3 is 2.89 bits per heavy atom. The van der Waals surface area contributed by atoms with Crippen molar-refractivity contribution in [1.82, 2.24) is 20.1 Å². The first kappa shape index (κ1) is 14.1. The van der Waals surface area contributed by atoms with Crippen molar-refractivity contribution in [1.29, 1.82) is 0 Å². The minimum Gasteiger partial charge on any atom is -0.480 e. The predicted molar refractivity (Wildman–Crippen MR) is 71.4 cm³/mol. The van der Waals surface area contributed by atoms with Gasteiger partial charge in [-0.1, -0.05) is 11.8 Å². The number of hydrogen-bond donors (Lipinski definition) is 3. The van der Waals surface area contributed by atoms with E-state index < -0.39 is 11.5 Å². The number of thioether (sulfide) groups is 1. The summed E-state index contributed by atoms with van der Waals surface area (Å²) in [6, 6.07) is 0.300. The molecule has 1 unspecified atom stereocenters. The van der Waals surface area contributed by atoms with Gasteiger partial charge < -0.3 is 5.11 Å². The van der Waals surface area contributed by atoms with Crippen LogP contribution in [0.1, 0.15) is 26.7 Å². The Balaban J connectivity index is 2.05. The van der Waals surface area contributed by atoms with Crippen molar-refractivity contribution in [2.75, 3.05) is 5.75 Å². The highest BCUT2D eigenvalue weighted by Crippen LogP contribution is 2.26. The lowest BCUT2D eigenvalue weighted by Crippen LogP contribution is -2.52. The molecule has 0 aromatic carbocycles. The second-order valence-electron chi connectivity index (χ2n) is 4.90. The van der Waals surface area contributed by atoms with E-state index in [2.05, 4.69) is 15.5 Å². The molecule has 0 bridgehead atoms. The average Bonchev–Trinajstić information content (AvgIpc) is 3.08. The molecule has 1 heterocycles. The van der Waals surface area contributed by atoms with E-state index in [0.717, 1.165) is 12.8 Å². The topological polar surface area (TPSA) is 100 Å². The number of nitrogens with zero attached hydrogens (tertiary/aromatic N) is 2. The Hall–Kier alpha value is -1.28. The number of H-pyrrole nitrogens is 1. The summed E-state index contributed by atoms with van der Waals surface area (Å²) in [4.78, 5) is 22.8. The third-order valence-electron chi connectivity index (χ3n) is 3.10. The number of carbonyl (C=O) groups is 1. The van der Waals surface area contributed by atoms with Crippen molar-refractivity contribution in [2.24, 2.45) is 0 Å². The van der Waals surface area contributed by atoms with Crippen molar-refractivity contribution in [3.63, 3.8) is 0 Å². The molecule has 1 aliphatic rings. The van der Waals surface area contributed by atoms with Gasteiger partial charge in [0.1, 0.15) is 5.54 Å². The molecule has 0 aliphatic heterocycles. The van der Waals surface area contributed by atoms with E-state index in [1.165, 1.54) is 16.3 Å². The number of carboxylic acids is 1. The fraction of sp³-hybridized carbons (Fsp3) is 0.727. The maximum Gasteiger partial charge on any atom is 0.343 e. The Labute approximate surface area is 114 Å². The smallest absolute Gasteiger partial charge is 0.343 e. The van der Waals surface area contributed by atoms with Crippen molar-refractivity contribution in [3.05, 3.63) is 10.5 Å². The van der Waals surface area contributed by atoms with Gasteiger partial charge in [0.15, 0.2) is 5.16 Å². The third kappa shape index (κ3) is 3.19. The molecule has 1 aliphatic carbocycles. The van der Waals surface area contributed by atoms with Crippen LogP contribution in [0, 0.1) is 0 Å². The van der Waals surface area contributed by atoms with Crippen LogP contribution in [-0.2, 0) is 11.3 Å². The first-order valence-electron chi connectivity index (χ1n) is 6.25. The van der Waals surface area contributed by atoms with E-state index >= 15 is 0 Å². The largest absolute Gasteiger partial charge is 0.480 e. The van der Waals surface area contributed by atoms with Gasteiger partial charge in [-0.3, -0.25) is 14.7 Å². The van der Waals surface area contributed by atoms with E-state index in [0.29, 0.717) is 23.5 Å². The highest BCUT2D eigenvalue weighted by Gasteiger charge is 2.38. The van der Waals surface area contributed by atoms with Gasteiger partial charge in [0.25, 0.3) is 0 Å². The summed E-state index contributed by atoms with van der Waals surface area (Å²) in [5.41, 5.74) is -1.27. The molecule has 1 atom stereocenters. The number of aromatic amines is 1. The van der Waals surface area contributed by atoms with Crippen LogP contribution in [0.15, 0.2) is 9.95 Å². The Bertz CT molecular complexity index is 522. The molecule has 1 aromatic rings. The summed E-state index contributed by atoms with van der Waals surface area (Å²) < 4.78 is 1.49. The van der Waals surface area contributed by atoms with Crippen molar-refractivity contribution < 1.29 is 9.90 Å². The second-order valence-corrected chi connectivity index (χ2v) is 5.84. The van der Waals surface area contributed by atoms with Crippen LogP contribution in [0.3, 0.4) is 0 Å². The SMILES string of the molecule is CCn1c(SCC(C)(NC2CC2)C(=O)O)n[nH]c1=O. The summed E-state index contributed by atoms with van der Waals surface area (Å²) in [6.07, 6.45) is 2.05. The predicted octanol–water partition coefficient (Wildman–Crippen LogP) is 0.279. The molecule has 1 aromatic heterocycles. The second kappa shape index (κ2) is 5.38. The molecule has 8 heteroatoms. The molecule has 0 amide bonds. The third-order valence-corrected chi connectivity index (χ3v) is 4.39. The Morgan fingerprint density at radius 1 is 1.68 bits per heavy atom. The minimum absolute atomic E-state index is 0.266. The van der Waals surface area contributed by atoms with E-state index in [1.807, 2.05) is 6.92 Å². The normalized spacial score (nSPS) is 18.2. The summed E-state index contributed by atoms with van der Waals surface area (Å²) in [6.45, 7) is 4.03. The highest BCUT2D eigenvalue weighted by atomic mass is 32.2. The summed E-state index contributed by atoms with van der Waals surface area (Å²) in [5.74, 6) is -0.559. The van der Waals surface area contributed by atoms with E-state index in [4.69, 9.17) is 0 Å². The molecule has 0 saturated heterocycles. The standard InChI is InChI=1S/C11H18N4O3S/c1-3-15-9(18)13-14-10(15)19-6-11(2,8(16)17)12-7-4-5-7/h7,12H,3-6H2,1-2H3,(H,13,18)(H,16,17). The van der Waals surface area contributed by atoms with Gasteiger partial charge in [-0.15, -0.1) is 5.10 Å². The van der Waals surface area contributed by atoms with Gasteiger partial charge in [-0.2, -0.15) is 0 Å². The molecule has 2 rings (SSSR count). The number of rotatable bonds is 7. The average molecular weight is 286 g/mol. The fourth-order valence-electron chi connectivity index (χ4n) is 1.74. The van der Waals surface area contributed by atoms with Crippen LogP contribution in [0.5, 0.6) is 0 Å². The van der Waals surface area contributed by atoms with Crippen LogP contribution >= 0.6 is 11.8 Å². The van der Waals surface area contributed by atoms with Gasteiger partial charge >= 0.3 is 11.7 Å². The quantitative estimate of drug-likeness (QED) is 0.623. The number of aliphatic carboxylic acids is 1. The van der Waals surface area contributed by atoms with Gasteiger partial charge in [0.05, 0.1) is 0 Å². The lowest BCUT2D eigenvalue weighted by atomic mass is 10.1. The number of hydrogen-bond acceptors (Lipinski definition) is 5. The van der Waals surface area contributed by atoms with Crippen molar-refractivity contribution in [2.45, 2.75) is 50.0 Å². The van der Waals surface area contributed by atoms with E-state index in [1.54, 1.807) is 6.92 Å². The molecule has 106 valence electrons. The maximum atomic E-state index is 11.4. The van der Waals surface area contributed by atoms with Gasteiger partial charge in [-0.05, 0) is 26.7 Å². The van der Waals surface area contributed by atoms with Crippen molar-refractivity contribution >= 4 is 17.7 Å². The van der Waals surface area contributed by atoms with Gasteiger partial charge in [0.2, 0.25) is 0 Å². The van der Waals surface area contributed by atoms with E-state index in [9.17, 15) is 14.7 Å². The van der Waals surface area contributed by atoms with Crippen LogP contribution in [0.25, 0.3) is 0 Å². The Kier molecular flexibility index (Phi) is 4.00. The van der Waals surface area contributed by atoms with Gasteiger partial charge in [0, 0.05) is 18.3 Å². The first-order valence-corrected chi connectivity index (χ1v) is 7.24. The maximum absolute atomic E-state index is 11.4. The highest BCUT2D eigenvalue weighted by molar-refractivity contribution is 7.99. The van der Waals surface area contributed by atoms with E-state index in [-0.39, 0.29) is 5.69 Å². The molecule has 1 saturated carbocycles. The summed E-state index contributed by atoms with van der Waals surface area (Å²) >= 11 is 1.27. The zero-order chi connectivity index (χ0) is 14.0. The van der Waals surface area contributed by atoms with Crippen molar-refractivity contribution in [3.8, 4) is 0 Å². The molecule has 19 heavy (non-hydrogen) atoms. The minimum atomic E-state index is -1.00. The molecular formula is C11H18N4O3S. The van der Waals surface area contributed by atoms with Gasteiger partial charge in [-0.25, -0.2) is 9.89 Å².